The molecule has 0 aliphatic rings. The van der Waals surface area contributed by atoms with Crippen molar-refractivity contribution >= 4 is 5.82 Å². The monoisotopic (exact) mass is 295 g/mol. The van der Waals surface area contributed by atoms with Gasteiger partial charge in [0.1, 0.15) is 5.82 Å². The van der Waals surface area contributed by atoms with Crippen LogP contribution in [-0.2, 0) is 6.54 Å². The molecule has 0 saturated heterocycles. The molecule has 1 rings (SSSR count). The van der Waals surface area contributed by atoms with E-state index >= 15 is 0 Å². The van der Waals surface area contributed by atoms with Crippen molar-refractivity contribution in [3.63, 3.8) is 0 Å². The van der Waals surface area contributed by atoms with E-state index in [1.807, 2.05) is 18.9 Å². The first-order valence-electron chi connectivity index (χ1n) is 6.64. The first-order chi connectivity index (χ1) is 9.79. The molecule has 8 heteroatoms. The lowest BCUT2D eigenvalue weighted by molar-refractivity contribution is -0.424. The van der Waals surface area contributed by atoms with Crippen LogP contribution in [0.15, 0.2) is 28.8 Å². The summed E-state index contributed by atoms with van der Waals surface area (Å²) in [5, 5.41) is 10.6. The Morgan fingerprint density at radius 1 is 1.67 bits per heavy atom. The van der Waals surface area contributed by atoms with Gasteiger partial charge in [-0.25, -0.2) is 4.79 Å². The molecule has 0 aliphatic carbocycles. The Kier molecular flexibility index (Phi) is 6.04. The second-order valence-electron chi connectivity index (χ2n) is 5.13. The fourth-order valence-electron chi connectivity index (χ4n) is 2.00. The van der Waals surface area contributed by atoms with Crippen LogP contribution >= 0.6 is 0 Å². The van der Waals surface area contributed by atoms with Crippen LogP contribution in [0, 0.1) is 16.0 Å². The minimum Gasteiger partial charge on any atom is -0.383 e. The fraction of sp³-hybridized carbons (Fsp3) is 0.538. The third-order valence-electron chi connectivity index (χ3n) is 3.03. The minimum absolute atomic E-state index is 0.0571. The van der Waals surface area contributed by atoms with Crippen molar-refractivity contribution in [1.29, 1.82) is 0 Å². The van der Waals surface area contributed by atoms with Crippen LogP contribution in [0.5, 0.6) is 0 Å². The van der Waals surface area contributed by atoms with Crippen LogP contribution in [0.3, 0.4) is 0 Å². The highest BCUT2D eigenvalue weighted by Gasteiger charge is 2.09. The van der Waals surface area contributed by atoms with Gasteiger partial charge in [0.25, 0.3) is 0 Å². The molecule has 0 saturated carbocycles. The maximum atomic E-state index is 11.6. The Bertz CT molecular complexity index is 581. The van der Waals surface area contributed by atoms with Crippen molar-refractivity contribution in [1.82, 2.24) is 14.5 Å². The Hall–Kier alpha value is -2.22. The number of hydrogen-bond donors (Lipinski definition) is 1. The predicted molar refractivity (Wildman–Crippen MR) is 80.3 cm³/mol. The molecular weight excluding hydrogens is 274 g/mol. The number of likely N-dealkylation sites (N-methyl/N-ethyl adjacent to an activating group) is 1. The number of hydrogen-bond acceptors (Lipinski definition) is 6. The van der Waals surface area contributed by atoms with Crippen LogP contribution in [0.4, 0.5) is 5.82 Å². The molecule has 0 radical (unpaired) electrons. The summed E-state index contributed by atoms with van der Waals surface area (Å²) in [6, 6.07) is 1.58. The zero-order chi connectivity index (χ0) is 16.0. The summed E-state index contributed by atoms with van der Waals surface area (Å²) >= 11 is 0. The average molecular weight is 295 g/mol. The quantitative estimate of drug-likeness (QED) is 0.582. The van der Waals surface area contributed by atoms with Gasteiger partial charge in [0, 0.05) is 32.8 Å². The highest BCUT2D eigenvalue weighted by Crippen LogP contribution is 2.05. The molecule has 2 N–H and O–H groups in total. The molecule has 21 heavy (non-hydrogen) atoms. The highest BCUT2D eigenvalue weighted by atomic mass is 16.6. The van der Waals surface area contributed by atoms with Crippen LogP contribution in [-0.4, -0.2) is 39.5 Å². The Balaban J connectivity index is 2.51. The van der Waals surface area contributed by atoms with Crippen LogP contribution in [0.2, 0.25) is 0 Å². The van der Waals surface area contributed by atoms with Gasteiger partial charge in [0.15, 0.2) is 0 Å². The van der Waals surface area contributed by atoms with E-state index in [0.717, 1.165) is 0 Å². The Morgan fingerprint density at radius 2 is 2.33 bits per heavy atom. The van der Waals surface area contributed by atoms with Gasteiger partial charge in [-0.1, -0.05) is 6.92 Å². The number of nitro groups is 1. The lowest BCUT2D eigenvalue weighted by Gasteiger charge is -2.19. The third kappa shape index (κ3) is 5.74. The van der Waals surface area contributed by atoms with Crippen LogP contribution in [0.25, 0.3) is 0 Å². The number of rotatable bonds is 7. The zero-order valence-electron chi connectivity index (χ0n) is 12.5. The van der Waals surface area contributed by atoms with E-state index in [1.54, 1.807) is 18.3 Å². The summed E-state index contributed by atoms with van der Waals surface area (Å²) in [6.45, 7) is 5.20. The predicted octanol–water partition coefficient (Wildman–Crippen LogP) is 0.574. The van der Waals surface area contributed by atoms with Gasteiger partial charge in [0.2, 0.25) is 5.70 Å². The summed E-state index contributed by atoms with van der Waals surface area (Å²) in [4.78, 5) is 27.4. The number of nitrogens with zero attached hydrogens (tertiary/aromatic N) is 4. The fourth-order valence-corrected chi connectivity index (χ4v) is 2.00. The van der Waals surface area contributed by atoms with Crippen molar-refractivity contribution in [3.05, 3.63) is 44.6 Å². The maximum Gasteiger partial charge on any atom is 0.349 e. The topological polar surface area (TPSA) is 107 Å². The number of nitrogens with two attached hydrogens (primary N) is 1. The van der Waals surface area contributed by atoms with Crippen molar-refractivity contribution in [2.75, 3.05) is 25.9 Å². The van der Waals surface area contributed by atoms with Gasteiger partial charge in [-0.05, 0) is 25.1 Å². The van der Waals surface area contributed by atoms with E-state index in [-0.39, 0.29) is 23.1 Å². The average Bonchev–Trinajstić information content (AvgIpc) is 2.37. The molecular formula is C13H21N5O3. The van der Waals surface area contributed by atoms with Crippen LogP contribution < -0.4 is 11.4 Å². The van der Waals surface area contributed by atoms with E-state index < -0.39 is 4.92 Å². The second kappa shape index (κ2) is 7.53. The second-order valence-corrected chi connectivity index (χ2v) is 5.13. The van der Waals surface area contributed by atoms with E-state index in [0.29, 0.717) is 19.6 Å². The molecule has 0 bridgehead atoms. The van der Waals surface area contributed by atoms with Gasteiger partial charge in [-0.15, -0.1) is 0 Å². The van der Waals surface area contributed by atoms with Gasteiger partial charge in [-0.3, -0.25) is 14.7 Å². The molecule has 1 aromatic heterocycles. The largest absolute Gasteiger partial charge is 0.383 e. The van der Waals surface area contributed by atoms with E-state index in [4.69, 9.17) is 5.73 Å². The lowest BCUT2D eigenvalue weighted by Crippen LogP contribution is -2.31. The van der Waals surface area contributed by atoms with Crippen molar-refractivity contribution in [2.45, 2.75) is 20.4 Å². The standard InChI is InChI=1S/C13H21N5O3/c1-10(8-11(2)18(20)21)9-16(3)6-7-17-5-4-12(14)15-13(17)19/h4-5,8,10H,6-7,9H2,1-3H3,(H2,14,15,19)/b11-8+. The number of allylic oxidation sites excluding steroid dienone is 1. The third-order valence-corrected chi connectivity index (χ3v) is 3.03. The van der Waals surface area contributed by atoms with Crippen LogP contribution in [0.1, 0.15) is 13.8 Å². The summed E-state index contributed by atoms with van der Waals surface area (Å²) in [7, 11) is 1.90. The number of nitrogen functional groups attached to an aromatic ring is 1. The molecule has 0 aromatic carbocycles. The first kappa shape index (κ1) is 16.8. The van der Waals surface area contributed by atoms with Gasteiger partial charge < -0.3 is 10.6 Å². The van der Waals surface area contributed by atoms with Gasteiger partial charge in [0.05, 0.1) is 4.92 Å². The van der Waals surface area contributed by atoms with Gasteiger partial charge >= 0.3 is 5.69 Å². The maximum absolute atomic E-state index is 11.6. The summed E-state index contributed by atoms with van der Waals surface area (Å²) in [5.74, 6) is 0.264. The van der Waals surface area contributed by atoms with E-state index in [9.17, 15) is 14.9 Å². The molecule has 1 atom stereocenters. The SMILES string of the molecule is C/C(=C\C(C)CN(C)CCn1ccc(N)nc1=O)[N+](=O)[O-]. The lowest BCUT2D eigenvalue weighted by atomic mass is 10.1. The smallest absolute Gasteiger partial charge is 0.349 e. The molecule has 8 nitrogen and oxygen atoms in total. The summed E-state index contributed by atoms with van der Waals surface area (Å²) in [6.07, 6.45) is 3.24. The van der Waals surface area contributed by atoms with Gasteiger partial charge in [-0.2, -0.15) is 4.98 Å². The van der Waals surface area contributed by atoms with Crippen molar-refractivity contribution in [3.8, 4) is 0 Å². The zero-order valence-corrected chi connectivity index (χ0v) is 12.5. The van der Waals surface area contributed by atoms with Crippen molar-refractivity contribution in [2.24, 2.45) is 5.92 Å². The molecule has 116 valence electrons. The molecule has 1 unspecified atom stereocenters. The molecule has 1 aromatic rings. The van der Waals surface area contributed by atoms with E-state index in [1.165, 1.54) is 11.5 Å². The van der Waals surface area contributed by atoms with E-state index in [2.05, 4.69) is 4.98 Å². The van der Waals surface area contributed by atoms with Crippen molar-refractivity contribution < 1.29 is 4.92 Å². The Morgan fingerprint density at radius 3 is 2.90 bits per heavy atom. The normalized spacial score (nSPS) is 13.4. The number of aromatic nitrogens is 2. The molecule has 1 heterocycles. The molecule has 0 fully saturated rings. The highest BCUT2D eigenvalue weighted by molar-refractivity contribution is 5.23. The summed E-state index contributed by atoms with van der Waals surface area (Å²) < 4.78 is 1.48. The molecule has 0 aliphatic heterocycles. The Labute approximate surface area is 123 Å². The minimum atomic E-state index is -0.393. The first-order valence-corrected chi connectivity index (χ1v) is 6.64. The number of anilines is 1. The molecule has 0 spiro atoms. The molecule has 0 amide bonds. The summed E-state index contributed by atoms with van der Waals surface area (Å²) in [5.41, 5.74) is 5.20.